The highest BCUT2D eigenvalue weighted by molar-refractivity contribution is 6.44. The highest BCUT2D eigenvalue weighted by Crippen LogP contribution is 2.23. The number of esters is 3. The molecule has 19 heavy (non-hydrogen) atoms. The second kappa shape index (κ2) is 7.50. The first-order valence-electron chi connectivity index (χ1n) is 5.92. The number of rotatable bonds is 7. The first-order valence-corrected chi connectivity index (χ1v) is 5.92. The lowest BCUT2D eigenvalue weighted by Gasteiger charge is -2.22. The maximum Gasteiger partial charge on any atom is 0.376 e. The zero-order valence-corrected chi connectivity index (χ0v) is 11.5. The molecule has 0 atom stereocenters. The molecule has 0 aromatic heterocycles. The van der Waals surface area contributed by atoms with Crippen molar-refractivity contribution in [3.63, 3.8) is 0 Å². The Kier molecular flexibility index (Phi) is 6.74. The maximum absolute atomic E-state index is 11.9. The van der Waals surface area contributed by atoms with Gasteiger partial charge in [0.1, 0.15) is 0 Å². The van der Waals surface area contributed by atoms with Gasteiger partial charge in [-0.25, -0.2) is 4.79 Å². The average molecular weight is 274 g/mol. The summed E-state index contributed by atoms with van der Waals surface area (Å²) in [5, 5.41) is 0. The lowest BCUT2D eigenvalue weighted by atomic mass is 9.85. The van der Waals surface area contributed by atoms with E-state index in [1.165, 1.54) is 20.8 Å². The molecule has 0 aliphatic heterocycles. The minimum absolute atomic E-state index is 0.0378. The van der Waals surface area contributed by atoms with Crippen molar-refractivity contribution in [2.45, 2.75) is 27.7 Å². The van der Waals surface area contributed by atoms with Crippen LogP contribution < -0.4 is 0 Å². The van der Waals surface area contributed by atoms with Gasteiger partial charge in [0.15, 0.2) is 0 Å². The van der Waals surface area contributed by atoms with Crippen LogP contribution in [0, 0.1) is 5.41 Å². The fraction of sp³-hybridized carbons (Fsp3) is 0.667. The first-order chi connectivity index (χ1) is 8.85. The Morgan fingerprint density at radius 2 is 1.16 bits per heavy atom. The summed E-state index contributed by atoms with van der Waals surface area (Å²) in [5.74, 6) is -4.84. The van der Waals surface area contributed by atoms with Gasteiger partial charge in [0.25, 0.3) is 5.78 Å². The van der Waals surface area contributed by atoms with Crippen LogP contribution in [0.3, 0.4) is 0 Å². The van der Waals surface area contributed by atoms with E-state index in [2.05, 4.69) is 14.2 Å². The van der Waals surface area contributed by atoms with E-state index in [1.54, 1.807) is 0 Å². The number of carbonyl (C=O) groups excluding carboxylic acids is 4. The monoisotopic (exact) mass is 274 g/mol. The lowest BCUT2D eigenvalue weighted by Crippen LogP contribution is -2.49. The van der Waals surface area contributed by atoms with E-state index in [0.29, 0.717) is 0 Å². The van der Waals surface area contributed by atoms with Gasteiger partial charge in [0.2, 0.25) is 5.41 Å². The zero-order valence-electron chi connectivity index (χ0n) is 11.5. The Hall–Kier alpha value is -1.92. The predicted octanol–water partition coefficient (Wildman–Crippen LogP) is 0.251. The van der Waals surface area contributed by atoms with Crippen LogP contribution in [-0.4, -0.2) is 43.5 Å². The Balaban J connectivity index is 5.38. The number of hydrogen-bond donors (Lipinski definition) is 0. The molecular formula is C12H18O7. The predicted molar refractivity (Wildman–Crippen MR) is 63.0 cm³/mol. The molecule has 0 aromatic carbocycles. The third kappa shape index (κ3) is 3.77. The van der Waals surface area contributed by atoms with Gasteiger partial charge >= 0.3 is 17.9 Å². The summed E-state index contributed by atoms with van der Waals surface area (Å²) >= 11 is 0. The molecular weight excluding hydrogens is 256 g/mol. The van der Waals surface area contributed by atoms with Crippen LogP contribution in [-0.2, 0) is 33.4 Å². The van der Waals surface area contributed by atoms with E-state index in [-0.39, 0.29) is 19.8 Å². The summed E-state index contributed by atoms with van der Waals surface area (Å²) in [6.45, 7) is 5.39. The smallest absolute Gasteiger partial charge is 0.376 e. The summed E-state index contributed by atoms with van der Waals surface area (Å²) in [5.41, 5.74) is -2.34. The zero-order chi connectivity index (χ0) is 15.1. The molecule has 0 radical (unpaired) electrons. The van der Waals surface area contributed by atoms with Crippen molar-refractivity contribution in [3.8, 4) is 0 Å². The van der Waals surface area contributed by atoms with Crippen LogP contribution in [0.25, 0.3) is 0 Å². The fourth-order valence-corrected chi connectivity index (χ4v) is 1.22. The van der Waals surface area contributed by atoms with Crippen molar-refractivity contribution in [3.05, 3.63) is 0 Å². The molecule has 0 aliphatic carbocycles. The summed E-state index contributed by atoms with van der Waals surface area (Å²) in [4.78, 5) is 46.9. The largest absolute Gasteiger partial charge is 0.465 e. The number of hydrogen-bond acceptors (Lipinski definition) is 7. The van der Waals surface area contributed by atoms with Crippen molar-refractivity contribution >= 4 is 23.7 Å². The van der Waals surface area contributed by atoms with Crippen molar-refractivity contribution in [1.29, 1.82) is 0 Å². The minimum Gasteiger partial charge on any atom is -0.465 e. The third-order valence-corrected chi connectivity index (χ3v) is 2.28. The second-order valence-electron chi connectivity index (χ2n) is 3.62. The van der Waals surface area contributed by atoms with E-state index in [4.69, 9.17) is 0 Å². The molecule has 0 N–H and O–H groups in total. The minimum atomic E-state index is -2.34. The summed E-state index contributed by atoms with van der Waals surface area (Å²) in [6.07, 6.45) is 0. The Morgan fingerprint density at radius 3 is 1.47 bits per heavy atom. The highest BCUT2D eigenvalue weighted by atomic mass is 16.6. The Bertz CT molecular complexity index is 354. The van der Waals surface area contributed by atoms with E-state index >= 15 is 0 Å². The molecule has 0 rings (SSSR count). The van der Waals surface area contributed by atoms with Gasteiger partial charge in [0.05, 0.1) is 19.8 Å². The van der Waals surface area contributed by atoms with Gasteiger partial charge in [0, 0.05) is 0 Å². The van der Waals surface area contributed by atoms with Crippen LogP contribution in [0.1, 0.15) is 27.7 Å². The van der Waals surface area contributed by atoms with Crippen LogP contribution in [0.2, 0.25) is 0 Å². The van der Waals surface area contributed by atoms with E-state index in [0.717, 1.165) is 6.92 Å². The fourth-order valence-electron chi connectivity index (χ4n) is 1.22. The lowest BCUT2D eigenvalue weighted by molar-refractivity contribution is -0.178. The van der Waals surface area contributed by atoms with Gasteiger partial charge in [-0.2, -0.15) is 0 Å². The van der Waals surface area contributed by atoms with Gasteiger partial charge in [-0.05, 0) is 27.7 Å². The standard InChI is InChI=1S/C12H18O7/c1-5-17-9(14)8(13)12(4,10(15)18-6-2)11(16)19-7-3/h5-7H2,1-4H3. The van der Waals surface area contributed by atoms with Crippen LogP contribution in [0.5, 0.6) is 0 Å². The summed E-state index contributed by atoms with van der Waals surface area (Å²) in [7, 11) is 0. The van der Waals surface area contributed by atoms with Crippen molar-refractivity contribution in [2.24, 2.45) is 5.41 Å². The van der Waals surface area contributed by atoms with Crippen molar-refractivity contribution in [1.82, 2.24) is 0 Å². The topological polar surface area (TPSA) is 96.0 Å². The van der Waals surface area contributed by atoms with Gasteiger partial charge in [-0.1, -0.05) is 0 Å². The number of Topliss-reactive ketones (excluding diaryl/α,β-unsaturated/α-hetero) is 1. The molecule has 0 fully saturated rings. The SMILES string of the molecule is CCOC(=O)C(=O)C(C)(C(=O)OCC)C(=O)OCC. The van der Waals surface area contributed by atoms with Gasteiger partial charge in [-0.3, -0.25) is 14.4 Å². The number of ketones is 1. The Morgan fingerprint density at radius 1 is 0.789 bits per heavy atom. The normalized spacial score (nSPS) is 10.5. The molecule has 0 bridgehead atoms. The molecule has 0 heterocycles. The molecule has 0 unspecified atom stereocenters. The second-order valence-corrected chi connectivity index (χ2v) is 3.62. The van der Waals surface area contributed by atoms with Crippen LogP contribution in [0.15, 0.2) is 0 Å². The van der Waals surface area contributed by atoms with Crippen LogP contribution >= 0.6 is 0 Å². The van der Waals surface area contributed by atoms with Gasteiger partial charge in [-0.15, -0.1) is 0 Å². The van der Waals surface area contributed by atoms with Gasteiger partial charge < -0.3 is 14.2 Å². The molecule has 0 aliphatic rings. The number of carbonyl (C=O) groups is 4. The number of ether oxygens (including phenoxy) is 3. The average Bonchev–Trinajstić information content (AvgIpc) is 2.37. The van der Waals surface area contributed by atoms with E-state index < -0.39 is 29.1 Å². The molecule has 0 spiro atoms. The molecule has 7 heteroatoms. The molecule has 0 amide bonds. The summed E-state index contributed by atoms with van der Waals surface area (Å²) in [6, 6.07) is 0. The molecule has 0 saturated carbocycles. The molecule has 7 nitrogen and oxygen atoms in total. The van der Waals surface area contributed by atoms with E-state index in [9.17, 15) is 19.2 Å². The quantitative estimate of drug-likeness (QED) is 0.284. The van der Waals surface area contributed by atoms with E-state index in [1.807, 2.05) is 0 Å². The van der Waals surface area contributed by atoms with Crippen LogP contribution in [0.4, 0.5) is 0 Å². The first kappa shape index (κ1) is 17.1. The van der Waals surface area contributed by atoms with Crippen molar-refractivity contribution < 1.29 is 33.4 Å². The highest BCUT2D eigenvalue weighted by Gasteiger charge is 2.54. The van der Waals surface area contributed by atoms with Crippen molar-refractivity contribution in [2.75, 3.05) is 19.8 Å². The summed E-state index contributed by atoms with van der Waals surface area (Å²) < 4.78 is 13.8. The third-order valence-electron chi connectivity index (χ3n) is 2.28. The molecule has 0 aromatic rings. The Labute approximate surface area is 111 Å². The molecule has 108 valence electrons. The molecule has 0 saturated heterocycles. The maximum atomic E-state index is 11.9.